The summed E-state index contributed by atoms with van der Waals surface area (Å²) in [5.74, 6) is 3.73. The minimum absolute atomic E-state index is 0.0706. The van der Waals surface area contributed by atoms with Gasteiger partial charge in [0.1, 0.15) is 5.60 Å². The normalized spacial score (nSPS) is 44.1. The summed E-state index contributed by atoms with van der Waals surface area (Å²) in [4.78, 5) is 24.7. The fourth-order valence-corrected chi connectivity index (χ4v) is 7.35. The van der Waals surface area contributed by atoms with Crippen molar-refractivity contribution in [3.05, 3.63) is 0 Å². The van der Waals surface area contributed by atoms with E-state index in [0.29, 0.717) is 24.4 Å². The van der Waals surface area contributed by atoms with Crippen LogP contribution >= 0.6 is 0 Å². The van der Waals surface area contributed by atoms with Crippen LogP contribution in [0, 0.1) is 40.9 Å². The van der Waals surface area contributed by atoms with Gasteiger partial charge in [-0.25, -0.2) is 0 Å². The Hall–Kier alpha value is -1.06. The van der Waals surface area contributed by atoms with Crippen molar-refractivity contribution in [2.75, 3.05) is 6.61 Å². The van der Waals surface area contributed by atoms with E-state index in [9.17, 15) is 9.59 Å². The summed E-state index contributed by atoms with van der Waals surface area (Å²) in [6, 6.07) is 0. The molecule has 1 aliphatic heterocycles. The molecule has 4 heteroatoms. The zero-order valence-corrected chi connectivity index (χ0v) is 18.2. The van der Waals surface area contributed by atoms with Gasteiger partial charge < -0.3 is 9.47 Å². The van der Waals surface area contributed by atoms with Gasteiger partial charge in [-0.05, 0) is 86.9 Å². The predicted octanol–water partition coefficient (Wildman–Crippen LogP) is 5.14. The summed E-state index contributed by atoms with van der Waals surface area (Å²) in [6.45, 7) is 9.23. The summed E-state index contributed by atoms with van der Waals surface area (Å²) >= 11 is 0. The van der Waals surface area contributed by atoms with Gasteiger partial charge in [0, 0.05) is 6.42 Å². The Morgan fingerprint density at radius 1 is 1.14 bits per heavy atom. The molecule has 4 aliphatic carbocycles. The van der Waals surface area contributed by atoms with Crippen molar-refractivity contribution in [1.82, 2.24) is 0 Å². The molecule has 5 aliphatic rings. The van der Waals surface area contributed by atoms with Gasteiger partial charge >= 0.3 is 11.9 Å². The van der Waals surface area contributed by atoms with Gasteiger partial charge in [0.2, 0.25) is 0 Å². The second kappa shape index (κ2) is 7.32. The van der Waals surface area contributed by atoms with Crippen LogP contribution in [-0.4, -0.2) is 24.1 Å². The summed E-state index contributed by atoms with van der Waals surface area (Å²) in [5.41, 5.74) is -0.324. The molecule has 4 saturated carbocycles. The zero-order valence-electron chi connectivity index (χ0n) is 18.2. The molecule has 0 N–H and O–H groups in total. The molecule has 4 nitrogen and oxygen atoms in total. The Morgan fingerprint density at radius 2 is 1.75 bits per heavy atom. The number of hydrogen-bond donors (Lipinski definition) is 0. The lowest BCUT2D eigenvalue weighted by atomic mass is 9.43. The number of cyclic esters (lactones) is 1. The van der Waals surface area contributed by atoms with Crippen LogP contribution in [-0.2, 0) is 19.1 Å². The topological polar surface area (TPSA) is 52.6 Å². The Labute approximate surface area is 170 Å². The number of esters is 2. The number of rotatable bonds is 6. The first-order chi connectivity index (χ1) is 13.2. The van der Waals surface area contributed by atoms with Gasteiger partial charge in [-0.1, -0.05) is 20.8 Å². The average molecular weight is 391 g/mol. The van der Waals surface area contributed by atoms with Crippen LogP contribution in [0.3, 0.4) is 0 Å². The summed E-state index contributed by atoms with van der Waals surface area (Å²) in [6.07, 6.45) is 9.61. The Balaban J connectivity index is 1.41. The largest absolute Gasteiger partial charge is 0.465 e. The molecule has 0 radical (unpaired) electrons. The molecule has 3 unspecified atom stereocenters. The van der Waals surface area contributed by atoms with Gasteiger partial charge in [0.25, 0.3) is 0 Å². The Kier molecular flexibility index (Phi) is 5.29. The lowest BCUT2D eigenvalue weighted by Crippen LogP contribution is -2.54. The number of hydrogen-bond acceptors (Lipinski definition) is 4. The van der Waals surface area contributed by atoms with E-state index in [1.54, 1.807) is 0 Å². The van der Waals surface area contributed by atoms with Crippen LogP contribution in [0.25, 0.3) is 0 Å². The second-order valence-corrected chi connectivity index (χ2v) is 10.9. The lowest BCUT2D eigenvalue weighted by molar-refractivity contribution is -0.180. The van der Waals surface area contributed by atoms with Crippen LogP contribution in [0.5, 0.6) is 0 Å². The van der Waals surface area contributed by atoms with E-state index in [2.05, 4.69) is 20.8 Å². The maximum absolute atomic E-state index is 13.0. The van der Waals surface area contributed by atoms with E-state index < -0.39 is 5.60 Å². The molecule has 3 atom stereocenters. The monoisotopic (exact) mass is 390 g/mol. The molecule has 0 spiro atoms. The summed E-state index contributed by atoms with van der Waals surface area (Å²) in [7, 11) is 0. The maximum Gasteiger partial charge on any atom is 0.309 e. The van der Waals surface area contributed by atoms with Gasteiger partial charge in [0.05, 0.1) is 18.9 Å². The van der Waals surface area contributed by atoms with Crippen LogP contribution < -0.4 is 0 Å². The summed E-state index contributed by atoms with van der Waals surface area (Å²) < 4.78 is 10.9. The first-order valence-corrected chi connectivity index (χ1v) is 11.6. The minimum Gasteiger partial charge on any atom is -0.465 e. The molecule has 28 heavy (non-hydrogen) atoms. The third-order valence-electron chi connectivity index (χ3n) is 9.18. The summed E-state index contributed by atoms with van der Waals surface area (Å²) in [5, 5.41) is 0. The molecule has 5 rings (SSSR count). The lowest BCUT2D eigenvalue weighted by Gasteiger charge is -2.62. The molecule has 5 fully saturated rings. The zero-order chi connectivity index (χ0) is 20.1. The van der Waals surface area contributed by atoms with Crippen molar-refractivity contribution in [2.45, 2.75) is 91.1 Å². The van der Waals surface area contributed by atoms with E-state index in [0.717, 1.165) is 36.5 Å². The van der Waals surface area contributed by atoms with Crippen LogP contribution in [0.2, 0.25) is 0 Å². The van der Waals surface area contributed by atoms with Crippen molar-refractivity contribution in [3.63, 3.8) is 0 Å². The van der Waals surface area contributed by atoms with E-state index in [-0.39, 0.29) is 24.3 Å². The molecule has 4 bridgehead atoms. The van der Waals surface area contributed by atoms with Crippen molar-refractivity contribution >= 4 is 11.9 Å². The molecule has 0 aromatic rings. The maximum atomic E-state index is 13.0. The SMILES string of the molecule is CCC(CC(C)C1(C)C2CC3CC(C2)CC1C3)C(=O)OC1(C)CCOC(=O)C1. The number of ether oxygens (including phenoxy) is 2. The van der Waals surface area contributed by atoms with Crippen molar-refractivity contribution in [1.29, 1.82) is 0 Å². The fourth-order valence-electron chi connectivity index (χ4n) is 7.35. The van der Waals surface area contributed by atoms with Gasteiger partial charge in [-0.3, -0.25) is 9.59 Å². The van der Waals surface area contributed by atoms with E-state index >= 15 is 0 Å². The highest BCUT2D eigenvalue weighted by Crippen LogP contribution is 2.65. The molecule has 158 valence electrons. The quantitative estimate of drug-likeness (QED) is 0.589. The van der Waals surface area contributed by atoms with Gasteiger partial charge in [-0.2, -0.15) is 0 Å². The standard InChI is InChI=1S/C24H38O4/c1-5-18(22(26)28-23(3)6-7-27-21(25)14-23)8-15(2)24(4)19-10-16-9-17(12-19)13-20(24)11-16/h15-20H,5-14H2,1-4H3. The highest BCUT2D eigenvalue weighted by Gasteiger charge is 2.56. The minimum atomic E-state index is -0.699. The molecular weight excluding hydrogens is 352 g/mol. The number of carbonyl (C=O) groups excluding carboxylic acids is 2. The highest BCUT2D eigenvalue weighted by molar-refractivity contribution is 5.75. The van der Waals surface area contributed by atoms with Crippen LogP contribution in [0.4, 0.5) is 0 Å². The van der Waals surface area contributed by atoms with E-state index in [1.165, 1.54) is 32.1 Å². The Bertz CT molecular complexity index is 598. The first-order valence-electron chi connectivity index (χ1n) is 11.6. The number of carbonyl (C=O) groups is 2. The molecule has 0 aromatic heterocycles. The molecule has 0 amide bonds. The second-order valence-electron chi connectivity index (χ2n) is 10.9. The predicted molar refractivity (Wildman–Crippen MR) is 107 cm³/mol. The molecular formula is C24H38O4. The van der Waals surface area contributed by atoms with Crippen molar-refractivity contribution in [2.24, 2.45) is 40.9 Å². The molecule has 0 aromatic carbocycles. The smallest absolute Gasteiger partial charge is 0.309 e. The van der Waals surface area contributed by atoms with Crippen LogP contribution in [0.15, 0.2) is 0 Å². The van der Waals surface area contributed by atoms with Gasteiger partial charge in [-0.15, -0.1) is 0 Å². The first kappa shape index (κ1) is 20.2. The average Bonchev–Trinajstić information content (AvgIpc) is 2.62. The molecule has 1 heterocycles. The van der Waals surface area contributed by atoms with Crippen LogP contribution in [0.1, 0.15) is 85.5 Å². The van der Waals surface area contributed by atoms with Crippen molar-refractivity contribution < 1.29 is 19.1 Å². The van der Waals surface area contributed by atoms with E-state index in [1.807, 2.05) is 6.92 Å². The third-order valence-corrected chi connectivity index (χ3v) is 9.18. The Morgan fingerprint density at radius 3 is 2.29 bits per heavy atom. The fraction of sp³-hybridized carbons (Fsp3) is 0.917. The van der Waals surface area contributed by atoms with E-state index in [4.69, 9.17) is 9.47 Å². The molecule has 1 saturated heterocycles. The third kappa shape index (κ3) is 3.50. The highest BCUT2D eigenvalue weighted by atomic mass is 16.6. The van der Waals surface area contributed by atoms with Crippen molar-refractivity contribution in [3.8, 4) is 0 Å². The van der Waals surface area contributed by atoms with Gasteiger partial charge in [0.15, 0.2) is 0 Å².